The van der Waals surface area contributed by atoms with Gasteiger partial charge >= 0.3 is 6.03 Å². The zero-order valence-electron chi connectivity index (χ0n) is 16.5. The zero-order chi connectivity index (χ0) is 19.3. The molecular formula is C18H31N5O2S. The molecule has 1 aliphatic heterocycles. The number of hydrogen-bond acceptors (Lipinski definition) is 5. The highest BCUT2D eigenvalue weighted by Crippen LogP contribution is 2.26. The number of piperidine rings is 1. The lowest BCUT2D eigenvalue weighted by Crippen LogP contribution is -2.47. The molecule has 1 aliphatic rings. The maximum atomic E-state index is 12.5. The maximum Gasteiger partial charge on any atom is 0.319 e. The molecule has 0 spiro atoms. The molecule has 0 bridgehead atoms. The highest BCUT2D eigenvalue weighted by Gasteiger charge is 2.29. The average Bonchev–Trinajstić information content (AvgIpc) is 3.00. The summed E-state index contributed by atoms with van der Waals surface area (Å²) in [5.74, 6) is -0.0934. The highest BCUT2D eigenvalue weighted by molar-refractivity contribution is 7.15. The smallest absolute Gasteiger partial charge is 0.319 e. The van der Waals surface area contributed by atoms with E-state index in [0.29, 0.717) is 44.2 Å². The third kappa shape index (κ3) is 5.65. The molecule has 0 atom stereocenters. The number of rotatable bonds is 5. The second kappa shape index (κ2) is 8.79. The van der Waals surface area contributed by atoms with Crippen LogP contribution in [-0.2, 0) is 11.2 Å². The van der Waals surface area contributed by atoms with Crippen molar-refractivity contribution in [2.75, 3.05) is 31.5 Å². The summed E-state index contributed by atoms with van der Waals surface area (Å²) in [6.07, 6.45) is 2.21. The third-order valence-corrected chi connectivity index (χ3v) is 5.39. The van der Waals surface area contributed by atoms with Crippen molar-refractivity contribution in [3.8, 4) is 0 Å². The lowest BCUT2D eigenvalue weighted by molar-refractivity contribution is -0.121. The van der Waals surface area contributed by atoms with Crippen LogP contribution in [0.5, 0.6) is 0 Å². The topological polar surface area (TPSA) is 78.4 Å². The van der Waals surface area contributed by atoms with Gasteiger partial charge in [-0.3, -0.25) is 4.79 Å². The van der Waals surface area contributed by atoms with Crippen LogP contribution in [0, 0.1) is 11.3 Å². The van der Waals surface area contributed by atoms with E-state index in [1.54, 1.807) is 0 Å². The second-order valence-electron chi connectivity index (χ2n) is 7.94. The molecule has 0 radical (unpaired) electrons. The number of likely N-dealkylation sites (tertiary alicyclic amines) is 1. The third-order valence-electron chi connectivity index (χ3n) is 4.55. The SMILES string of the molecule is CCN(CC)C(=O)N1CCC(C(=O)Nc2nnc(CC(C)(C)C)s2)CC1. The first kappa shape index (κ1) is 20.6. The Hall–Kier alpha value is -1.70. The van der Waals surface area contributed by atoms with Crippen molar-refractivity contribution in [3.63, 3.8) is 0 Å². The van der Waals surface area contributed by atoms with Crippen molar-refractivity contribution in [2.45, 2.75) is 53.9 Å². The summed E-state index contributed by atoms with van der Waals surface area (Å²) in [5.41, 5.74) is 0.144. The molecule has 1 N–H and O–H groups in total. The van der Waals surface area contributed by atoms with Gasteiger partial charge in [0.1, 0.15) is 5.01 Å². The van der Waals surface area contributed by atoms with Crippen LogP contribution in [0.2, 0.25) is 0 Å². The van der Waals surface area contributed by atoms with Crippen LogP contribution in [0.4, 0.5) is 9.93 Å². The minimum atomic E-state index is -0.0780. The predicted octanol–water partition coefficient (Wildman–Crippen LogP) is 3.24. The van der Waals surface area contributed by atoms with Gasteiger partial charge < -0.3 is 15.1 Å². The first-order valence-corrected chi connectivity index (χ1v) is 10.2. The van der Waals surface area contributed by atoms with Crippen molar-refractivity contribution < 1.29 is 9.59 Å². The molecule has 26 heavy (non-hydrogen) atoms. The molecule has 1 aromatic rings. The number of nitrogens with one attached hydrogen (secondary N) is 1. The number of aromatic nitrogens is 2. The average molecular weight is 382 g/mol. The maximum absolute atomic E-state index is 12.5. The summed E-state index contributed by atoms with van der Waals surface area (Å²) in [7, 11) is 0. The molecule has 0 saturated carbocycles. The van der Waals surface area contributed by atoms with Gasteiger partial charge in [-0.2, -0.15) is 0 Å². The van der Waals surface area contributed by atoms with E-state index in [0.717, 1.165) is 11.4 Å². The lowest BCUT2D eigenvalue weighted by Gasteiger charge is -2.34. The van der Waals surface area contributed by atoms with E-state index in [1.165, 1.54) is 11.3 Å². The fourth-order valence-electron chi connectivity index (χ4n) is 3.06. The molecule has 8 heteroatoms. The molecule has 1 saturated heterocycles. The number of anilines is 1. The fraction of sp³-hybridized carbons (Fsp3) is 0.778. The Kier molecular flexibility index (Phi) is 6.97. The van der Waals surface area contributed by atoms with E-state index < -0.39 is 0 Å². The van der Waals surface area contributed by atoms with Crippen molar-refractivity contribution in [1.29, 1.82) is 0 Å². The van der Waals surface area contributed by atoms with E-state index in [1.807, 2.05) is 23.6 Å². The number of nitrogens with zero attached hydrogens (tertiary/aromatic N) is 4. The summed E-state index contributed by atoms with van der Waals surface area (Å²) < 4.78 is 0. The molecule has 7 nitrogen and oxygen atoms in total. The molecule has 3 amide bonds. The summed E-state index contributed by atoms with van der Waals surface area (Å²) in [4.78, 5) is 28.5. The van der Waals surface area contributed by atoms with Crippen molar-refractivity contribution >= 4 is 28.4 Å². The van der Waals surface area contributed by atoms with E-state index in [-0.39, 0.29) is 23.3 Å². The Morgan fingerprint density at radius 3 is 2.35 bits per heavy atom. The number of urea groups is 1. The summed E-state index contributed by atoms with van der Waals surface area (Å²) in [5, 5.41) is 12.7. The standard InChI is InChI=1S/C18H31N5O2S/c1-6-22(7-2)17(25)23-10-8-13(9-11-23)15(24)19-16-21-20-14(26-16)12-18(3,4)5/h13H,6-12H2,1-5H3,(H,19,21,24). The highest BCUT2D eigenvalue weighted by atomic mass is 32.1. The number of amides is 3. The van der Waals surface area contributed by atoms with Crippen molar-refractivity contribution in [3.05, 3.63) is 5.01 Å². The Balaban J connectivity index is 1.84. The van der Waals surface area contributed by atoms with E-state index in [4.69, 9.17) is 0 Å². The largest absolute Gasteiger partial charge is 0.325 e. The van der Waals surface area contributed by atoms with E-state index in [2.05, 4.69) is 36.3 Å². The van der Waals surface area contributed by atoms with Gasteiger partial charge in [-0.15, -0.1) is 10.2 Å². The van der Waals surface area contributed by atoms with Crippen molar-refractivity contribution in [2.24, 2.45) is 11.3 Å². The van der Waals surface area contributed by atoms with Crippen LogP contribution >= 0.6 is 11.3 Å². The molecule has 2 heterocycles. The van der Waals surface area contributed by atoms with Crippen LogP contribution in [0.3, 0.4) is 0 Å². The van der Waals surface area contributed by atoms with E-state index in [9.17, 15) is 9.59 Å². The predicted molar refractivity (Wildman–Crippen MR) is 104 cm³/mol. The van der Waals surface area contributed by atoms with Gasteiger partial charge in [0, 0.05) is 38.5 Å². The molecule has 0 aromatic carbocycles. The van der Waals surface area contributed by atoms with Gasteiger partial charge in [0.2, 0.25) is 11.0 Å². The van der Waals surface area contributed by atoms with Crippen LogP contribution in [0.1, 0.15) is 52.5 Å². The molecule has 0 unspecified atom stereocenters. The summed E-state index contributed by atoms with van der Waals surface area (Å²) >= 11 is 1.44. The van der Waals surface area contributed by atoms with Crippen LogP contribution in [-0.4, -0.2) is 58.1 Å². The van der Waals surface area contributed by atoms with Gasteiger partial charge in [-0.1, -0.05) is 32.1 Å². The van der Waals surface area contributed by atoms with Gasteiger partial charge in [-0.05, 0) is 32.1 Å². The lowest BCUT2D eigenvalue weighted by atomic mass is 9.93. The summed E-state index contributed by atoms with van der Waals surface area (Å²) in [6.45, 7) is 13.1. The Bertz CT molecular complexity index is 613. The Morgan fingerprint density at radius 1 is 1.19 bits per heavy atom. The molecular weight excluding hydrogens is 350 g/mol. The molecule has 1 fully saturated rings. The van der Waals surface area contributed by atoms with Crippen LogP contribution in [0.15, 0.2) is 0 Å². The summed E-state index contributed by atoms with van der Waals surface area (Å²) in [6, 6.07) is 0.0739. The first-order valence-electron chi connectivity index (χ1n) is 9.40. The van der Waals surface area contributed by atoms with Crippen LogP contribution < -0.4 is 5.32 Å². The number of carbonyl (C=O) groups excluding carboxylic acids is 2. The van der Waals surface area contributed by atoms with E-state index >= 15 is 0 Å². The van der Waals surface area contributed by atoms with Gasteiger partial charge in [0.05, 0.1) is 0 Å². The Labute approximate surface area is 160 Å². The quantitative estimate of drug-likeness (QED) is 0.849. The molecule has 1 aromatic heterocycles. The van der Waals surface area contributed by atoms with Gasteiger partial charge in [0.15, 0.2) is 0 Å². The molecule has 0 aliphatic carbocycles. The minimum absolute atomic E-state index is 0.0154. The monoisotopic (exact) mass is 381 g/mol. The normalized spacial score (nSPS) is 15.8. The minimum Gasteiger partial charge on any atom is -0.325 e. The van der Waals surface area contributed by atoms with Crippen LogP contribution in [0.25, 0.3) is 0 Å². The number of hydrogen-bond donors (Lipinski definition) is 1. The van der Waals surface area contributed by atoms with Gasteiger partial charge in [0.25, 0.3) is 0 Å². The Morgan fingerprint density at radius 2 is 1.81 bits per heavy atom. The zero-order valence-corrected chi connectivity index (χ0v) is 17.4. The molecule has 146 valence electrons. The van der Waals surface area contributed by atoms with Crippen molar-refractivity contribution in [1.82, 2.24) is 20.0 Å². The first-order chi connectivity index (χ1) is 12.2. The molecule has 2 rings (SSSR count). The number of carbonyl (C=O) groups is 2. The fourth-order valence-corrected chi connectivity index (χ4v) is 4.11. The van der Waals surface area contributed by atoms with Gasteiger partial charge in [-0.25, -0.2) is 4.79 Å². The second-order valence-corrected chi connectivity index (χ2v) is 9.01.